The molecule has 24 heavy (non-hydrogen) atoms. The van der Waals surface area contributed by atoms with E-state index in [0.29, 0.717) is 24.6 Å². The second kappa shape index (κ2) is 9.44. The third-order valence-corrected chi connectivity index (χ3v) is 3.10. The van der Waals surface area contributed by atoms with Gasteiger partial charge in [-0.25, -0.2) is 4.99 Å². The number of rotatable bonds is 7. The Labute approximate surface area is 139 Å². The maximum Gasteiger partial charge on any atom is 0.387 e. The van der Waals surface area contributed by atoms with Crippen molar-refractivity contribution in [3.63, 3.8) is 0 Å². The molecular formula is C17H20F2N4O. The average molecular weight is 334 g/mol. The smallest absolute Gasteiger partial charge is 0.387 e. The molecular weight excluding hydrogens is 314 g/mol. The van der Waals surface area contributed by atoms with Crippen LogP contribution in [0.4, 0.5) is 8.78 Å². The summed E-state index contributed by atoms with van der Waals surface area (Å²) >= 11 is 0. The van der Waals surface area contributed by atoms with Crippen LogP contribution in [0.2, 0.25) is 0 Å². The number of alkyl halides is 2. The molecule has 2 rings (SSSR count). The van der Waals surface area contributed by atoms with Crippen molar-refractivity contribution in [2.24, 2.45) is 4.99 Å². The molecule has 2 aromatic rings. The van der Waals surface area contributed by atoms with Gasteiger partial charge in [-0.1, -0.05) is 24.3 Å². The zero-order chi connectivity index (χ0) is 17.2. The van der Waals surface area contributed by atoms with E-state index < -0.39 is 6.61 Å². The van der Waals surface area contributed by atoms with Gasteiger partial charge in [-0.2, -0.15) is 8.78 Å². The molecule has 0 saturated carbocycles. The SMILES string of the molecule is CCNC(=NCc1ccccc1OC(F)F)NCc1ccccn1. The van der Waals surface area contributed by atoms with Gasteiger partial charge in [0.25, 0.3) is 0 Å². The molecule has 0 radical (unpaired) electrons. The molecule has 0 aliphatic heterocycles. The van der Waals surface area contributed by atoms with E-state index in [9.17, 15) is 8.78 Å². The molecule has 0 saturated heterocycles. The van der Waals surface area contributed by atoms with Gasteiger partial charge in [0.05, 0.1) is 18.8 Å². The summed E-state index contributed by atoms with van der Waals surface area (Å²) in [5.41, 5.74) is 1.47. The van der Waals surface area contributed by atoms with Gasteiger partial charge in [0.15, 0.2) is 5.96 Å². The Bertz CT molecular complexity index is 650. The van der Waals surface area contributed by atoms with Crippen molar-refractivity contribution < 1.29 is 13.5 Å². The van der Waals surface area contributed by atoms with Crippen LogP contribution >= 0.6 is 0 Å². The Morgan fingerprint density at radius 1 is 1.17 bits per heavy atom. The summed E-state index contributed by atoms with van der Waals surface area (Å²) in [7, 11) is 0. The number of para-hydroxylation sites is 1. The fourth-order valence-electron chi connectivity index (χ4n) is 2.03. The predicted molar refractivity (Wildman–Crippen MR) is 89.0 cm³/mol. The summed E-state index contributed by atoms with van der Waals surface area (Å²) in [5, 5.41) is 6.26. The molecule has 128 valence electrons. The van der Waals surface area contributed by atoms with E-state index in [1.54, 1.807) is 24.4 Å². The van der Waals surface area contributed by atoms with Crippen LogP contribution < -0.4 is 15.4 Å². The number of aromatic nitrogens is 1. The summed E-state index contributed by atoms with van der Waals surface area (Å²) in [6.45, 7) is 0.516. The molecule has 5 nitrogen and oxygen atoms in total. The van der Waals surface area contributed by atoms with Crippen molar-refractivity contribution in [3.8, 4) is 5.75 Å². The zero-order valence-electron chi connectivity index (χ0n) is 13.4. The summed E-state index contributed by atoms with van der Waals surface area (Å²) in [6, 6.07) is 12.3. The molecule has 0 bridgehead atoms. The van der Waals surface area contributed by atoms with Crippen LogP contribution in [0.25, 0.3) is 0 Å². The first kappa shape index (κ1) is 17.7. The first-order chi connectivity index (χ1) is 11.7. The van der Waals surface area contributed by atoms with Gasteiger partial charge in [0.1, 0.15) is 5.75 Å². The molecule has 0 unspecified atom stereocenters. The van der Waals surface area contributed by atoms with E-state index in [-0.39, 0.29) is 12.3 Å². The van der Waals surface area contributed by atoms with E-state index >= 15 is 0 Å². The van der Waals surface area contributed by atoms with Gasteiger partial charge in [-0.15, -0.1) is 0 Å². The molecule has 0 amide bonds. The van der Waals surface area contributed by atoms with E-state index in [4.69, 9.17) is 0 Å². The van der Waals surface area contributed by atoms with Crippen LogP contribution in [0.1, 0.15) is 18.2 Å². The lowest BCUT2D eigenvalue weighted by molar-refractivity contribution is -0.0504. The van der Waals surface area contributed by atoms with Crippen molar-refractivity contribution in [3.05, 3.63) is 59.9 Å². The highest BCUT2D eigenvalue weighted by molar-refractivity contribution is 5.79. The fourth-order valence-corrected chi connectivity index (χ4v) is 2.03. The van der Waals surface area contributed by atoms with Crippen LogP contribution in [-0.4, -0.2) is 24.1 Å². The van der Waals surface area contributed by atoms with Gasteiger partial charge in [0.2, 0.25) is 0 Å². The number of hydrogen-bond acceptors (Lipinski definition) is 3. The minimum Gasteiger partial charge on any atom is -0.434 e. The van der Waals surface area contributed by atoms with Crippen LogP contribution in [0, 0.1) is 0 Å². The Hall–Kier alpha value is -2.70. The second-order valence-corrected chi connectivity index (χ2v) is 4.86. The lowest BCUT2D eigenvalue weighted by Crippen LogP contribution is -2.37. The minimum atomic E-state index is -2.86. The van der Waals surface area contributed by atoms with Gasteiger partial charge in [-0.05, 0) is 25.1 Å². The van der Waals surface area contributed by atoms with Gasteiger partial charge < -0.3 is 15.4 Å². The molecule has 7 heteroatoms. The largest absolute Gasteiger partial charge is 0.434 e. The molecule has 0 aliphatic carbocycles. The third kappa shape index (κ3) is 5.83. The monoisotopic (exact) mass is 334 g/mol. The first-order valence-electron chi connectivity index (χ1n) is 7.64. The third-order valence-electron chi connectivity index (χ3n) is 3.10. The number of hydrogen-bond donors (Lipinski definition) is 2. The molecule has 1 aromatic heterocycles. The Morgan fingerprint density at radius 3 is 2.67 bits per heavy atom. The van der Waals surface area contributed by atoms with E-state index in [0.717, 1.165) is 5.69 Å². The van der Waals surface area contributed by atoms with Crippen molar-refractivity contribution in [2.45, 2.75) is 26.6 Å². The average Bonchev–Trinajstić information content (AvgIpc) is 2.59. The minimum absolute atomic E-state index is 0.136. The maximum atomic E-state index is 12.4. The predicted octanol–water partition coefficient (Wildman–Crippen LogP) is 2.94. The molecule has 1 heterocycles. The number of nitrogens with zero attached hydrogens (tertiary/aromatic N) is 2. The summed E-state index contributed by atoms with van der Waals surface area (Å²) in [5.74, 6) is 0.715. The van der Waals surface area contributed by atoms with Gasteiger partial charge in [0, 0.05) is 18.3 Å². The van der Waals surface area contributed by atoms with Crippen LogP contribution in [0.5, 0.6) is 5.75 Å². The highest BCUT2D eigenvalue weighted by Crippen LogP contribution is 2.20. The maximum absolute atomic E-state index is 12.4. The van der Waals surface area contributed by atoms with Crippen LogP contribution in [0.15, 0.2) is 53.7 Å². The highest BCUT2D eigenvalue weighted by Gasteiger charge is 2.09. The molecule has 0 atom stereocenters. The second-order valence-electron chi connectivity index (χ2n) is 4.86. The van der Waals surface area contributed by atoms with Crippen LogP contribution in [0.3, 0.4) is 0 Å². The first-order valence-corrected chi connectivity index (χ1v) is 7.64. The number of pyridine rings is 1. The number of guanidine groups is 1. The van der Waals surface area contributed by atoms with Crippen molar-refractivity contribution in [1.29, 1.82) is 0 Å². The highest BCUT2D eigenvalue weighted by atomic mass is 19.3. The van der Waals surface area contributed by atoms with E-state index in [1.165, 1.54) is 6.07 Å². The van der Waals surface area contributed by atoms with E-state index in [1.807, 2.05) is 25.1 Å². The Morgan fingerprint density at radius 2 is 1.96 bits per heavy atom. The number of halogens is 2. The molecule has 0 aliphatic rings. The lowest BCUT2D eigenvalue weighted by atomic mass is 10.2. The summed E-state index contributed by atoms with van der Waals surface area (Å²) in [4.78, 5) is 8.64. The van der Waals surface area contributed by atoms with Gasteiger partial charge >= 0.3 is 6.61 Å². The van der Waals surface area contributed by atoms with Gasteiger partial charge in [-0.3, -0.25) is 4.98 Å². The number of benzene rings is 1. The standard InChI is InChI=1S/C17H20F2N4O/c1-2-20-17(23-12-14-8-5-6-10-21-14)22-11-13-7-3-4-9-15(13)24-16(18)19/h3-10,16H,2,11-12H2,1H3,(H2,20,22,23). The lowest BCUT2D eigenvalue weighted by Gasteiger charge is -2.12. The summed E-state index contributed by atoms with van der Waals surface area (Å²) in [6.07, 6.45) is 1.72. The number of aliphatic imine (C=N–C) groups is 1. The topological polar surface area (TPSA) is 58.5 Å². The summed E-state index contributed by atoms with van der Waals surface area (Å²) < 4.78 is 29.4. The Balaban J connectivity index is 2.03. The molecule has 1 aromatic carbocycles. The quantitative estimate of drug-likeness (QED) is 0.604. The fraction of sp³-hybridized carbons (Fsp3) is 0.294. The number of nitrogens with one attached hydrogen (secondary N) is 2. The van der Waals surface area contributed by atoms with Crippen molar-refractivity contribution in [2.75, 3.05) is 6.54 Å². The Kier molecular flexibility index (Phi) is 6.94. The zero-order valence-corrected chi connectivity index (χ0v) is 13.4. The van der Waals surface area contributed by atoms with Crippen molar-refractivity contribution in [1.82, 2.24) is 15.6 Å². The normalized spacial score (nSPS) is 11.4. The molecule has 0 spiro atoms. The number of ether oxygens (including phenoxy) is 1. The van der Waals surface area contributed by atoms with Crippen molar-refractivity contribution >= 4 is 5.96 Å². The molecule has 2 N–H and O–H groups in total. The van der Waals surface area contributed by atoms with Crippen LogP contribution in [-0.2, 0) is 13.1 Å². The molecule has 0 fully saturated rings. The van der Waals surface area contributed by atoms with E-state index in [2.05, 4.69) is 25.3 Å².